The van der Waals surface area contributed by atoms with Crippen LogP contribution in [-0.4, -0.2) is 22.6 Å². The van der Waals surface area contributed by atoms with E-state index in [1.165, 1.54) is 22.2 Å². The van der Waals surface area contributed by atoms with E-state index in [2.05, 4.69) is 10.3 Å². The normalized spacial score (nSPS) is 10.8. The predicted octanol–water partition coefficient (Wildman–Crippen LogP) is 3.45. The van der Waals surface area contributed by atoms with E-state index in [9.17, 15) is 9.59 Å². The fourth-order valence-electron chi connectivity index (χ4n) is 3.00. The molecule has 2 aromatic carbocycles. The highest BCUT2D eigenvalue weighted by molar-refractivity contribution is 7.22. The minimum atomic E-state index is -0.254. The molecule has 0 aliphatic rings. The van der Waals surface area contributed by atoms with E-state index in [0.717, 1.165) is 21.8 Å². The van der Waals surface area contributed by atoms with E-state index in [4.69, 9.17) is 4.74 Å². The number of nitrogens with zero attached hydrogens (tertiary/aromatic N) is 2. The molecular formula is C22H19N3O3S. The molecule has 2 heterocycles. The molecule has 0 fully saturated rings. The second-order valence-corrected chi connectivity index (χ2v) is 7.55. The molecule has 0 spiro atoms. The Morgan fingerprint density at radius 2 is 1.97 bits per heavy atom. The van der Waals surface area contributed by atoms with Gasteiger partial charge >= 0.3 is 0 Å². The van der Waals surface area contributed by atoms with Gasteiger partial charge in [-0.3, -0.25) is 14.2 Å². The summed E-state index contributed by atoms with van der Waals surface area (Å²) in [5.74, 6) is 0.477. The average molecular weight is 405 g/mol. The summed E-state index contributed by atoms with van der Waals surface area (Å²) in [6.45, 7) is 0.280. The molecule has 0 radical (unpaired) electrons. The average Bonchev–Trinajstić information content (AvgIpc) is 3.20. The molecule has 7 heteroatoms. The van der Waals surface area contributed by atoms with Gasteiger partial charge in [-0.05, 0) is 29.3 Å². The summed E-state index contributed by atoms with van der Waals surface area (Å²) in [6.07, 6.45) is 1.43. The van der Waals surface area contributed by atoms with Gasteiger partial charge in [-0.2, -0.15) is 0 Å². The van der Waals surface area contributed by atoms with Gasteiger partial charge in [0.15, 0.2) is 0 Å². The van der Waals surface area contributed by atoms with Gasteiger partial charge in [0.05, 0.1) is 19.0 Å². The number of carbonyl (C=O) groups is 1. The quantitative estimate of drug-likeness (QED) is 0.533. The number of ether oxygens (including phenoxy) is 1. The molecular weight excluding hydrogens is 386 g/mol. The Labute approximate surface area is 171 Å². The summed E-state index contributed by atoms with van der Waals surface area (Å²) in [5, 5.41) is 2.83. The second kappa shape index (κ2) is 8.28. The van der Waals surface area contributed by atoms with Crippen LogP contribution < -0.4 is 15.6 Å². The highest BCUT2D eigenvalue weighted by atomic mass is 32.1. The molecule has 4 aromatic rings. The molecule has 29 heavy (non-hydrogen) atoms. The van der Waals surface area contributed by atoms with Gasteiger partial charge < -0.3 is 10.1 Å². The molecule has 2 aromatic heterocycles. The number of rotatable bonds is 6. The lowest BCUT2D eigenvalue weighted by atomic mass is 10.2. The number of methoxy groups -OCH3 is 1. The second-order valence-electron chi connectivity index (χ2n) is 6.50. The number of hydrogen-bond donors (Lipinski definition) is 1. The van der Waals surface area contributed by atoms with Gasteiger partial charge in [0, 0.05) is 11.4 Å². The Morgan fingerprint density at radius 1 is 1.14 bits per heavy atom. The minimum Gasteiger partial charge on any atom is -0.497 e. The van der Waals surface area contributed by atoms with E-state index in [-0.39, 0.29) is 18.0 Å². The summed E-state index contributed by atoms with van der Waals surface area (Å²) in [6, 6.07) is 19.2. The summed E-state index contributed by atoms with van der Waals surface area (Å²) in [4.78, 5) is 30.5. The molecule has 1 amide bonds. The zero-order valence-electron chi connectivity index (χ0n) is 15.8. The Balaban J connectivity index is 1.49. The fraction of sp³-hybridized carbons (Fsp3) is 0.136. The number of nitrogens with one attached hydrogen (secondary N) is 1. The van der Waals surface area contributed by atoms with Crippen LogP contribution in [0.1, 0.15) is 5.56 Å². The lowest BCUT2D eigenvalue weighted by Crippen LogP contribution is -2.31. The van der Waals surface area contributed by atoms with E-state index >= 15 is 0 Å². The summed E-state index contributed by atoms with van der Waals surface area (Å²) >= 11 is 1.39. The van der Waals surface area contributed by atoms with Crippen molar-refractivity contribution in [3.63, 3.8) is 0 Å². The van der Waals surface area contributed by atoms with Crippen molar-refractivity contribution in [3.05, 3.63) is 82.9 Å². The van der Waals surface area contributed by atoms with Gasteiger partial charge in [0.2, 0.25) is 5.91 Å². The van der Waals surface area contributed by atoms with Crippen molar-refractivity contribution in [2.45, 2.75) is 13.1 Å². The zero-order chi connectivity index (χ0) is 20.2. The smallest absolute Gasteiger partial charge is 0.271 e. The van der Waals surface area contributed by atoms with Gasteiger partial charge in [-0.25, -0.2) is 4.98 Å². The van der Waals surface area contributed by atoms with Crippen LogP contribution in [0, 0.1) is 0 Å². The number of amides is 1. The molecule has 0 bridgehead atoms. The maximum absolute atomic E-state index is 12.8. The highest BCUT2D eigenvalue weighted by Gasteiger charge is 2.12. The van der Waals surface area contributed by atoms with Gasteiger partial charge in [0.1, 0.15) is 17.0 Å². The topological polar surface area (TPSA) is 73.2 Å². The Kier molecular flexibility index (Phi) is 5.39. The molecule has 0 saturated heterocycles. The SMILES string of the molecule is COc1cccc(CNC(=O)Cn2cnc3cc(-c4ccccc4)sc3c2=O)c1. The van der Waals surface area contributed by atoms with Crippen molar-refractivity contribution in [2.75, 3.05) is 7.11 Å². The first kappa shape index (κ1) is 18.9. The number of hydrogen-bond acceptors (Lipinski definition) is 5. The number of benzene rings is 2. The molecule has 0 aliphatic carbocycles. The van der Waals surface area contributed by atoms with Crippen molar-refractivity contribution >= 4 is 27.5 Å². The van der Waals surface area contributed by atoms with Crippen LogP contribution >= 0.6 is 11.3 Å². The standard InChI is InChI=1S/C22H19N3O3S/c1-28-17-9-5-6-15(10-17)12-23-20(26)13-25-14-24-18-11-19(29-21(18)22(25)27)16-7-3-2-4-8-16/h2-11,14H,12-13H2,1H3,(H,23,26). The van der Waals surface area contributed by atoms with E-state index in [1.54, 1.807) is 7.11 Å². The Morgan fingerprint density at radius 3 is 2.76 bits per heavy atom. The number of fused-ring (bicyclic) bond motifs is 1. The first-order valence-corrected chi connectivity index (χ1v) is 9.90. The van der Waals surface area contributed by atoms with Crippen LogP contribution in [0.3, 0.4) is 0 Å². The van der Waals surface area contributed by atoms with Crippen LogP contribution in [-0.2, 0) is 17.9 Å². The van der Waals surface area contributed by atoms with Crippen LogP contribution in [0.2, 0.25) is 0 Å². The molecule has 0 atom stereocenters. The van der Waals surface area contributed by atoms with E-state index < -0.39 is 0 Å². The van der Waals surface area contributed by atoms with Crippen LogP contribution in [0.15, 0.2) is 71.8 Å². The van der Waals surface area contributed by atoms with Crippen LogP contribution in [0.25, 0.3) is 20.7 Å². The highest BCUT2D eigenvalue weighted by Crippen LogP contribution is 2.30. The third-order valence-electron chi connectivity index (χ3n) is 4.50. The summed E-state index contributed by atoms with van der Waals surface area (Å²) in [5.41, 5.74) is 2.40. The van der Waals surface area contributed by atoms with Gasteiger partial charge in [-0.1, -0.05) is 42.5 Å². The van der Waals surface area contributed by atoms with E-state index in [1.807, 2.05) is 60.7 Å². The largest absolute Gasteiger partial charge is 0.497 e. The fourth-order valence-corrected chi connectivity index (χ4v) is 4.06. The third kappa shape index (κ3) is 4.20. The van der Waals surface area contributed by atoms with Crippen molar-refractivity contribution < 1.29 is 9.53 Å². The maximum Gasteiger partial charge on any atom is 0.271 e. The van der Waals surface area contributed by atoms with Crippen molar-refractivity contribution in [1.82, 2.24) is 14.9 Å². The van der Waals surface area contributed by atoms with Crippen molar-refractivity contribution in [3.8, 4) is 16.2 Å². The first-order valence-electron chi connectivity index (χ1n) is 9.08. The van der Waals surface area contributed by atoms with Crippen LogP contribution in [0.5, 0.6) is 5.75 Å². The van der Waals surface area contributed by atoms with Gasteiger partial charge in [-0.15, -0.1) is 11.3 Å². The van der Waals surface area contributed by atoms with Crippen molar-refractivity contribution in [1.29, 1.82) is 0 Å². The number of aromatic nitrogens is 2. The molecule has 6 nitrogen and oxygen atoms in total. The molecule has 4 rings (SSSR count). The lowest BCUT2D eigenvalue weighted by Gasteiger charge is -2.08. The molecule has 146 valence electrons. The summed E-state index contributed by atoms with van der Waals surface area (Å²) in [7, 11) is 1.60. The zero-order valence-corrected chi connectivity index (χ0v) is 16.6. The molecule has 1 N–H and O–H groups in total. The van der Waals surface area contributed by atoms with Crippen molar-refractivity contribution in [2.24, 2.45) is 0 Å². The first-order chi connectivity index (χ1) is 14.1. The summed E-state index contributed by atoms with van der Waals surface area (Å²) < 4.78 is 7.07. The number of thiophene rings is 1. The van der Waals surface area contributed by atoms with Crippen LogP contribution in [0.4, 0.5) is 0 Å². The molecule has 0 unspecified atom stereocenters. The Hall–Kier alpha value is -3.45. The maximum atomic E-state index is 12.8. The monoisotopic (exact) mass is 405 g/mol. The number of carbonyl (C=O) groups excluding carboxylic acids is 1. The Bertz CT molecular complexity index is 1210. The molecule has 0 aliphatic heterocycles. The van der Waals surface area contributed by atoms with Gasteiger partial charge in [0.25, 0.3) is 5.56 Å². The third-order valence-corrected chi connectivity index (χ3v) is 5.66. The minimum absolute atomic E-state index is 0.0791. The molecule has 0 saturated carbocycles. The predicted molar refractivity (Wildman–Crippen MR) is 114 cm³/mol. The van der Waals surface area contributed by atoms with E-state index in [0.29, 0.717) is 16.8 Å². The lowest BCUT2D eigenvalue weighted by molar-refractivity contribution is -0.121.